The summed E-state index contributed by atoms with van der Waals surface area (Å²) in [4.78, 5) is 60.4. The van der Waals surface area contributed by atoms with E-state index in [-0.39, 0.29) is 47.1 Å². The molecule has 1 aliphatic carbocycles. The minimum absolute atomic E-state index is 0.00690. The van der Waals surface area contributed by atoms with Crippen molar-refractivity contribution in [3.63, 3.8) is 0 Å². The number of fused-ring (bicyclic) bond motifs is 2. The summed E-state index contributed by atoms with van der Waals surface area (Å²) < 4.78 is 34.5. The molecule has 4 aromatic heterocycles. The minimum Gasteiger partial charge on any atom is -0.319 e. The highest BCUT2D eigenvalue weighted by molar-refractivity contribution is 6.08. The van der Waals surface area contributed by atoms with Crippen LogP contribution < -0.4 is 16.3 Å². The summed E-state index contributed by atoms with van der Waals surface area (Å²) in [5.41, 5.74) is 2.29. The van der Waals surface area contributed by atoms with Gasteiger partial charge in [0.25, 0.3) is 12.3 Å². The topological polar surface area (TPSA) is 157 Å². The number of alkyl halides is 2. The molecule has 3 amide bonds. The zero-order chi connectivity index (χ0) is 41.6. The zero-order valence-electron chi connectivity index (χ0n) is 33.7. The molecule has 15 nitrogen and oxygen atoms in total. The Morgan fingerprint density at radius 2 is 1.76 bits per heavy atom. The smallest absolute Gasteiger partial charge is 0.319 e. The fraction of sp³-hybridized carbons (Fsp3) is 0.500. The third-order valence-electron chi connectivity index (χ3n) is 11.9. The number of piperazine rings is 1. The lowest BCUT2D eigenvalue weighted by molar-refractivity contribution is -0.135. The molecular formula is C42H49F2N11O4. The highest BCUT2D eigenvalue weighted by Crippen LogP contribution is 2.36. The number of para-hydroxylation sites is 1. The molecule has 1 atom stereocenters. The molecule has 310 valence electrons. The van der Waals surface area contributed by atoms with Gasteiger partial charge in [-0.1, -0.05) is 38.7 Å². The number of hydrogen-bond acceptors (Lipinski definition) is 9. The number of nitrogens with one attached hydrogen (secondary N) is 2. The van der Waals surface area contributed by atoms with Crippen LogP contribution in [0.3, 0.4) is 0 Å². The van der Waals surface area contributed by atoms with E-state index in [1.165, 1.54) is 26.0 Å². The molecule has 1 saturated carbocycles. The van der Waals surface area contributed by atoms with E-state index in [0.717, 1.165) is 64.1 Å². The van der Waals surface area contributed by atoms with Gasteiger partial charge in [-0.3, -0.25) is 38.4 Å². The summed E-state index contributed by atoms with van der Waals surface area (Å²) in [5, 5.41) is 13.5. The van der Waals surface area contributed by atoms with Crippen LogP contribution in [-0.2, 0) is 22.1 Å². The Labute approximate surface area is 339 Å². The van der Waals surface area contributed by atoms with Gasteiger partial charge in [-0.15, -0.1) is 0 Å². The van der Waals surface area contributed by atoms with Crippen molar-refractivity contribution in [3.05, 3.63) is 75.9 Å². The number of aryl methyl sites for hydroxylation is 1. The van der Waals surface area contributed by atoms with E-state index in [4.69, 9.17) is 0 Å². The molecule has 2 saturated heterocycles. The molecule has 0 radical (unpaired) electrons. The van der Waals surface area contributed by atoms with Gasteiger partial charge in [-0.25, -0.2) is 23.1 Å². The normalized spacial score (nSPS) is 20.9. The second-order valence-corrected chi connectivity index (χ2v) is 17.0. The van der Waals surface area contributed by atoms with Crippen LogP contribution in [0.1, 0.15) is 105 Å². The van der Waals surface area contributed by atoms with Gasteiger partial charge in [0.1, 0.15) is 11.6 Å². The largest absolute Gasteiger partial charge is 0.329 e. The van der Waals surface area contributed by atoms with Crippen LogP contribution in [0.5, 0.6) is 0 Å². The van der Waals surface area contributed by atoms with E-state index >= 15 is 0 Å². The predicted molar refractivity (Wildman–Crippen MR) is 216 cm³/mol. The molecular weight excluding hydrogens is 761 g/mol. The Morgan fingerprint density at radius 1 is 1.02 bits per heavy atom. The number of carbonyl (C=O) groups is 3. The van der Waals surface area contributed by atoms with Gasteiger partial charge in [0.15, 0.2) is 11.3 Å². The Kier molecular flexibility index (Phi) is 11.0. The van der Waals surface area contributed by atoms with E-state index in [1.54, 1.807) is 24.0 Å². The maximum absolute atomic E-state index is 14.2. The fourth-order valence-corrected chi connectivity index (χ4v) is 8.59. The number of imide groups is 1. The first-order chi connectivity index (χ1) is 28.2. The molecule has 3 aliphatic rings. The molecule has 5 aromatic rings. The lowest BCUT2D eigenvalue weighted by Crippen LogP contribution is -2.48. The second-order valence-electron chi connectivity index (χ2n) is 17.0. The molecule has 8 rings (SSSR count). The number of piperidine rings is 1. The van der Waals surface area contributed by atoms with Crippen LogP contribution >= 0.6 is 0 Å². The van der Waals surface area contributed by atoms with Crippen molar-refractivity contribution < 1.29 is 23.2 Å². The predicted octanol–water partition coefficient (Wildman–Crippen LogP) is 4.44. The quantitative estimate of drug-likeness (QED) is 0.171. The summed E-state index contributed by atoms with van der Waals surface area (Å²) in [7, 11) is 1.67. The van der Waals surface area contributed by atoms with Gasteiger partial charge in [0.05, 0.1) is 41.1 Å². The molecule has 2 N–H and O–H groups in total. The number of rotatable bonds is 8. The van der Waals surface area contributed by atoms with Crippen LogP contribution in [-0.4, -0.2) is 100 Å². The Hall–Kier alpha value is -5.73. The number of carbonyl (C=O) groups excluding carboxylic acids is 3. The maximum Gasteiger partial charge on any atom is 0.329 e. The van der Waals surface area contributed by atoms with E-state index in [1.807, 2.05) is 39.0 Å². The van der Waals surface area contributed by atoms with Crippen molar-refractivity contribution in [2.75, 3.05) is 44.6 Å². The van der Waals surface area contributed by atoms with Crippen LogP contribution in [0, 0.1) is 17.8 Å². The molecule has 1 unspecified atom stereocenters. The summed E-state index contributed by atoms with van der Waals surface area (Å²) in [5.74, 6) is 5.68. The average Bonchev–Trinajstić information content (AvgIpc) is 3.90. The van der Waals surface area contributed by atoms with E-state index in [9.17, 15) is 28.0 Å². The van der Waals surface area contributed by atoms with Crippen molar-refractivity contribution >= 4 is 40.1 Å². The number of hydrogen-bond donors (Lipinski definition) is 2. The number of anilines is 1. The standard InChI is InChI=1S/C42H49F2N11O4/c1-42(2,3)33-16-18-53-38(47-33)29(23-45-53)39(57)46-30-25-54(49-35(30)37(43)44)28-12-10-26(11-13-28)24-52-21-19-51(20-22-52)17-6-8-27-7-5-9-31-36(27)50(4)41(59)55(31)32-14-15-34(56)48-40(32)58/h5,7,9,16,18,23,25-26,28,32,37H,10-15,17,19-22,24H2,1-4H3,(H,46,57)(H,48,56,58)/t26-,28-,32?. The summed E-state index contributed by atoms with van der Waals surface area (Å²) in [6, 6.07) is 6.57. The molecule has 0 spiro atoms. The first-order valence-corrected chi connectivity index (χ1v) is 20.3. The van der Waals surface area contributed by atoms with Crippen molar-refractivity contribution in [2.24, 2.45) is 13.0 Å². The van der Waals surface area contributed by atoms with Crippen molar-refractivity contribution in [1.29, 1.82) is 0 Å². The number of benzene rings is 1. The molecule has 17 heteroatoms. The Bertz CT molecular complexity index is 2540. The zero-order valence-corrected chi connectivity index (χ0v) is 33.7. The average molecular weight is 810 g/mol. The number of imidazole rings is 1. The van der Waals surface area contributed by atoms with Gasteiger partial charge in [-0.05, 0) is 56.2 Å². The number of aromatic nitrogens is 7. The number of nitrogens with zero attached hydrogens (tertiary/aromatic N) is 9. The first kappa shape index (κ1) is 40.1. The summed E-state index contributed by atoms with van der Waals surface area (Å²) in [6.45, 7) is 11.2. The van der Waals surface area contributed by atoms with Crippen LogP contribution in [0.25, 0.3) is 16.7 Å². The van der Waals surface area contributed by atoms with Crippen LogP contribution in [0.15, 0.2) is 47.7 Å². The van der Waals surface area contributed by atoms with Gasteiger partial charge >= 0.3 is 5.69 Å². The van der Waals surface area contributed by atoms with Crippen LogP contribution in [0.4, 0.5) is 14.5 Å². The van der Waals surface area contributed by atoms with Crippen molar-refractivity contribution in [1.82, 2.24) is 48.6 Å². The highest BCUT2D eigenvalue weighted by Gasteiger charge is 2.32. The van der Waals surface area contributed by atoms with Crippen molar-refractivity contribution in [3.8, 4) is 11.8 Å². The Morgan fingerprint density at radius 3 is 2.47 bits per heavy atom. The third kappa shape index (κ3) is 8.15. The van der Waals surface area contributed by atoms with E-state index in [0.29, 0.717) is 34.7 Å². The van der Waals surface area contributed by atoms with Gasteiger partial charge < -0.3 is 10.2 Å². The fourth-order valence-electron chi connectivity index (χ4n) is 8.59. The highest BCUT2D eigenvalue weighted by atomic mass is 19.3. The maximum atomic E-state index is 14.2. The van der Waals surface area contributed by atoms with Crippen LogP contribution in [0.2, 0.25) is 0 Å². The second kappa shape index (κ2) is 16.1. The minimum atomic E-state index is -2.86. The van der Waals surface area contributed by atoms with Crippen molar-refractivity contribution in [2.45, 2.75) is 83.2 Å². The lowest BCUT2D eigenvalue weighted by Gasteiger charge is -2.37. The first-order valence-electron chi connectivity index (χ1n) is 20.3. The number of halogens is 2. The molecule has 6 heterocycles. The summed E-state index contributed by atoms with van der Waals surface area (Å²) in [6.07, 6.45) is 5.78. The lowest BCUT2D eigenvalue weighted by atomic mass is 9.85. The monoisotopic (exact) mass is 809 g/mol. The molecule has 59 heavy (non-hydrogen) atoms. The van der Waals surface area contributed by atoms with Gasteiger partial charge in [0.2, 0.25) is 11.8 Å². The summed E-state index contributed by atoms with van der Waals surface area (Å²) >= 11 is 0. The molecule has 3 fully saturated rings. The molecule has 1 aromatic carbocycles. The van der Waals surface area contributed by atoms with E-state index in [2.05, 4.69) is 47.5 Å². The van der Waals surface area contributed by atoms with E-state index < -0.39 is 30.0 Å². The molecule has 0 bridgehead atoms. The molecule has 2 aliphatic heterocycles. The Balaban J connectivity index is 0.834. The van der Waals surface area contributed by atoms with Gasteiger partial charge in [0, 0.05) is 69.7 Å². The SMILES string of the molecule is Cn1c(=O)n(C2CCC(=O)NC2=O)c2cccc(C#CCN3CCN(C[C@H]4CC[C@H](n5cc(NC(=O)c6cnn7ccc(C(C)(C)C)nc67)c(C(F)F)n5)CC4)CC3)c21. The number of amides is 3. The van der Waals surface area contributed by atoms with Gasteiger partial charge in [-0.2, -0.15) is 10.2 Å². The third-order valence-corrected chi connectivity index (χ3v) is 11.9.